The lowest BCUT2D eigenvalue weighted by atomic mass is 9.77. The van der Waals surface area contributed by atoms with Crippen LogP contribution < -0.4 is 5.32 Å². The van der Waals surface area contributed by atoms with Gasteiger partial charge < -0.3 is 5.32 Å². The summed E-state index contributed by atoms with van der Waals surface area (Å²) in [6.45, 7) is 2.31. The molecule has 3 aliphatic carbocycles. The molecule has 102 valence electrons. The van der Waals surface area contributed by atoms with Crippen molar-refractivity contribution in [1.29, 1.82) is 0 Å². The van der Waals surface area contributed by atoms with E-state index in [9.17, 15) is 4.79 Å². The van der Waals surface area contributed by atoms with Gasteiger partial charge >= 0.3 is 0 Å². The Kier molecular flexibility index (Phi) is 3.46. The Morgan fingerprint density at radius 2 is 2.00 bits per heavy atom. The van der Waals surface area contributed by atoms with Crippen molar-refractivity contribution < 1.29 is 4.79 Å². The second-order valence-electron chi connectivity index (χ2n) is 6.89. The lowest BCUT2D eigenvalue weighted by Crippen LogP contribution is -2.53. The molecule has 3 fully saturated rings. The van der Waals surface area contributed by atoms with Crippen LogP contribution in [0.2, 0.25) is 0 Å². The lowest BCUT2D eigenvalue weighted by molar-refractivity contribution is -0.125. The van der Waals surface area contributed by atoms with Gasteiger partial charge in [0.2, 0.25) is 5.91 Å². The third-order valence-corrected chi connectivity index (χ3v) is 6.52. The molecule has 4 atom stereocenters. The summed E-state index contributed by atoms with van der Waals surface area (Å²) < 4.78 is 0. The molecule has 0 aromatic rings. The van der Waals surface area contributed by atoms with Gasteiger partial charge in [-0.25, -0.2) is 0 Å². The highest BCUT2D eigenvalue weighted by Gasteiger charge is 2.57. The monoisotopic (exact) mass is 313 g/mol. The van der Waals surface area contributed by atoms with Crippen molar-refractivity contribution in [3.8, 4) is 0 Å². The first-order chi connectivity index (χ1) is 8.65. The van der Waals surface area contributed by atoms with Gasteiger partial charge in [0, 0.05) is 16.8 Å². The zero-order valence-corrected chi connectivity index (χ0v) is 12.8. The maximum atomic E-state index is 12.4. The minimum atomic E-state index is 0.0473. The zero-order chi connectivity index (χ0) is 12.8. The summed E-state index contributed by atoms with van der Waals surface area (Å²) in [6.07, 6.45) is 8.80. The van der Waals surface area contributed by atoms with Crippen molar-refractivity contribution in [1.82, 2.24) is 5.32 Å². The Morgan fingerprint density at radius 1 is 1.28 bits per heavy atom. The Hall–Kier alpha value is -0.0500. The van der Waals surface area contributed by atoms with E-state index in [1.807, 2.05) is 0 Å². The van der Waals surface area contributed by atoms with E-state index in [1.165, 1.54) is 32.1 Å². The molecule has 0 saturated heterocycles. The predicted molar refractivity (Wildman–Crippen MR) is 76.6 cm³/mol. The van der Waals surface area contributed by atoms with E-state index in [0.29, 0.717) is 11.8 Å². The van der Waals surface area contributed by atoms with E-state index in [0.717, 1.165) is 35.9 Å². The second kappa shape index (κ2) is 4.81. The molecule has 0 aromatic carbocycles. The Bertz CT molecular complexity index is 335. The molecule has 0 aliphatic heterocycles. The number of halogens is 1. The fraction of sp³-hybridized carbons (Fsp3) is 0.933. The van der Waals surface area contributed by atoms with Crippen LogP contribution in [0.3, 0.4) is 0 Å². The molecule has 0 radical (unpaired) electrons. The smallest absolute Gasteiger partial charge is 0.224 e. The van der Waals surface area contributed by atoms with Gasteiger partial charge in [0.05, 0.1) is 0 Å². The van der Waals surface area contributed by atoms with E-state index in [-0.39, 0.29) is 5.54 Å². The lowest BCUT2D eigenvalue weighted by Gasteiger charge is -2.39. The maximum Gasteiger partial charge on any atom is 0.224 e. The Balaban J connectivity index is 1.61. The predicted octanol–water partition coefficient (Wildman–Crippen LogP) is 3.49. The molecule has 3 aliphatic rings. The molecule has 3 rings (SSSR count). The van der Waals surface area contributed by atoms with Gasteiger partial charge in [-0.2, -0.15) is 0 Å². The average molecular weight is 314 g/mol. The minimum Gasteiger partial charge on any atom is -0.350 e. The van der Waals surface area contributed by atoms with Gasteiger partial charge in [0.1, 0.15) is 0 Å². The molecule has 0 spiro atoms. The van der Waals surface area contributed by atoms with E-state index in [4.69, 9.17) is 0 Å². The van der Waals surface area contributed by atoms with Gasteiger partial charge in [-0.1, -0.05) is 42.1 Å². The molecule has 18 heavy (non-hydrogen) atoms. The second-order valence-corrected chi connectivity index (χ2v) is 7.45. The molecule has 2 nitrogen and oxygen atoms in total. The van der Waals surface area contributed by atoms with Crippen LogP contribution in [-0.2, 0) is 4.79 Å². The minimum absolute atomic E-state index is 0.0473. The standard InChI is InChI=1S/C15H24BrNO/c1-10-4-3-7-15(8-10,9-16)17-14(18)13-11-5-2-6-12(11)13/h10-13H,2-9H2,1H3,(H,17,18). The highest BCUT2D eigenvalue weighted by molar-refractivity contribution is 9.09. The van der Waals surface area contributed by atoms with Crippen LogP contribution in [-0.4, -0.2) is 16.8 Å². The maximum absolute atomic E-state index is 12.4. The number of hydrogen-bond acceptors (Lipinski definition) is 1. The number of nitrogens with one attached hydrogen (secondary N) is 1. The molecular formula is C15H24BrNO. The van der Waals surface area contributed by atoms with Gasteiger partial charge in [-0.05, 0) is 43.4 Å². The van der Waals surface area contributed by atoms with Crippen molar-refractivity contribution in [3.63, 3.8) is 0 Å². The first kappa shape index (κ1) is 13.0. The van der Waals surface area contributed by atoms with Gasteiger partial charge in [0.15, 0.2) is 0 Å². The van der Waals surface area contributed by atoms with Crippen molar-refractivity contribution >= 4 is 21.8 Å². The van der Waals surface area contributed by atoms with Crippen LogP contribution in [0.4, 0.5) is 0 Å². The highest BCUT2D eigenvalue weighted by atomic mass is 79.9. The summed E-state index contributed by atoms with van der Waals surface area (Å²) in [5, 5.41) is 4.33. The summed E-state index contributed by atoms with van der Waals surface area (Å²) in [6, 6.07) is 0. The molecule has 4 unspecified atom stereocenters. The number of fused-ring (bicyclic) bond motifs is 1. The first-order valence-electron chi connectivity index (χ1n) is 7.53. The summed E-state index contributed by atoms with van der Waals surface area (Å²) in [7, 11) is 0. The largest absolute Gasteiger partial charge is 0.350 e. The molecule has 3 heteroatoms. The van der Waals surface area contributed by atoms with E-state index in [1.54, 1.807) is 0 Å². The van der Waals surface area contributed by atoms with Crippen LogP contribution in [0.5, 0.6) is 0 Å². The van der Waals surface area contributed by atoms with Gasteiger partial charge in [0.25, 0.3) is 0 Å². The van der Waals surface area contributed by atoms with E-state index >= 15 is 0 Å². The number of hydrogen-bond donors (Lipinski definition) is 1. The van der Waals surface area contributed by atoms with Gasteiger partial charge in [-0.3, -0.25) is 4.79 Å². The van der Waals surface area contributed by atoms with Crippen molar-refractivity contribution in [2.45, 2.75) is 57.4 Å². The van der Waals surface area contributed by atoms with Crippen LogP contribution in [0.15, 0.2) is 0 Å². The average Bonchev–Trinajstić information content (AvgIpc) is 2.84. The Labute approximate surface area is 118 Å². The quantitative estimate of drug-likeness (QED) is 0.794. The fourth-order valence-electron chi connectivity index (χ4n) is 4.48. The molecule has 0 bridgehead atoms. The summed E-state index contributed by atoms with van der Waals surface area (Å²) in [4.78, 5) is 12.4. The topological polar surface area (TPSA) is 29.1 Å². The zero-order valence-electron chi connectivity index (χ0n) is 11.3. The number of rotatable bonds is 3. The highest BCUT2D eigenvalue weighted by Crippen LogP contribution is 2.57. The third kappa shape index (κ3) is 2.23. The fourth-order valence-corrected chi connectivity index (χ4v) is 5.13. The van der Waals surface area contributed by atoms with E-state index < -0.39 is 0 Å². The summed E-state index contributed by atoms with van der Waals surface area (Å²) >= 11 is 3.64. The number of carbonyl (C=O) groups excluding carboxylic acids is 1. The number of alkyl halides is 1. The first-order valence-corrected chi connectivity index (χ1v) is 8.65. The van der Waals surface area contributed by atoms with Crippen LogP contribution in [0.1, 0.15) is 51.9 Å². The summed E-state index contributed by atoms with van der Waals surface area (Å²) in [5.41, 5.74) is 0.0473. The van der Waals surface area contributed by atoms with Crippen molar-refractivity contribution in [2.24, 2.45) is 23.7 Å². The molecule has 0 heterocycles. The van der Waals surface area contributed by atoms with Crippen LogP contribution in [0.25, 0.3) is 0 Å². The van der Waals surface area contributed by atoms with Crippen LogP contribution >= 0.6 is 15.9 Å². The van der Waals surface area contributed by atoms with E-state index in [2.05, 4.69) is 28.2 Å². The third-order valence-electron chi connectivity index (χ3n) is 5.44. The number of carbonyl (C=O) groups is 1. The molecule has 1 N–H and O–H groups in total. The SMILES string of the molecule is CC1CCCC(CBr)(NC(=O)C2C3CCCC32)C1. The molecular weight excluding hydrogens is 290 g/mol. The molecule has 3 saturated carbocycles. The van der Waals surface area contributed by atoms with Gasteiger partial charge in [-0.15, -0.1) is 0 Å². The molecule has 0 aromatic heterocycles. The molecule has 1 amide bonds. The number of amides is 1. The normalized spacial score (nSPS) is 46.6. The van der Waals surface area contributed by atoms with Crippen molar-refractivity contribution in [2.75, 3.05) is 5.33 Å². The van der Waals surface area contributed by atoms with Crippen molar-refractivity contribution in [3.05, 3.63) is 0 Å². The Morgan fingerprint density at radius 3 is 2.61 bits per heavy atom. The summed E-state index contributed by atoms with van der Waals surface area (Å²) in [5.74, 6) is 2.94. The van der Waals surface area contributed by atoms with Crippen LogP contribution in [0, 0.1) is 23.7 Å².